The van der Waals surface area contributed by atoms with Gasteiger partial charge in [-0.1, -0.05) is 30.3 Å². The van der Waals surface area contributed by atoms with E-state index in [1.807, 2.05) is 36.4 Å². The summed E-state index contributed by atoms with van der Waals surface area (Å²) < 4.78 is 53.4. The molecule has 2 aliphatic rings. The highest BCUT2D eigenvalue weighted by Crippen LogP contribution is 2.54. The van der Waals surface area contributed by atoms with Crippen molar-refractivity contribution in [3.05, 3.63) is 35.9 Å². The van der Waals surface area contributed by atoms with E-state index in [2.05, 4.69) is 0 Å². The topological polar surface area (TPSA) is 105 Å². The van der Waals surface area contributed by atoms with E-state index in [-0.39, 0.29) is 19.6 Å². The Balaban J connectivity index is 1.77. The Hall–Kier alpha value is -1.34. The number of nitriles is 1. The zero-order chi connectivity index (χ0) is 21.8. The maximum atomic E-state index is 13.4. The van der Waals surface area contributed by atoms with Gasteiger partial charge in [-0.05, 0) is 26.3 Å². The van der Waals surface area contributed by atoms with E-state index < -0.39 is 44.3 Å². The van der Waals surface area contributed by atoms with Gasteiger partial charge >= 0.3 is 7.82 Å². The maximum absolute atomic E-state index is 13.4. The summed E-state index contributed by atoms with van der Waals surface area (Å²) in [5.74, 6) is -0.891. The van der Waals surface area contributed by atoms with Gasteiger partial charge in [-0.15, -0.1) is 0 Å². The van der Waals surface area contributed by atoms with E-state index in [4.69, 9.17) is 37.8 Å². The van der Waals surface area contributed by atoms with Crippen molar-refractivity contribution in [2.45, 2.75) is 70.3 Å². The van der Waals surface area contributed by atoms with E-state index in [0.717, 1.165) is 5.56 Å². The van der Waals surface area contributed by atoms with Gasteiger partial charge < -0.3 is 18.9 Å². The minimum absolute atomic E-state index is 0.0181. The molecule has 1 aromatic carbocycles. The molecule has 166 valence electrons. The van der Waals surface area contributed by atoms with E-state index in [1.165, 1.54) is 7.11 Å². The number of ether oxygens (including phenoxy) is 4. The predicted molar refractivity (Wildman–Crippen MR) is 105 cm³/mol. The van der Waals surface area contributed by atoms with Crippen LogP contribution in [0.3, 0.4) is 0 Å². The van der Waals surface area contributed by atoms with Crippen molar-refractivity contribution in [3.63, 3.8) is 0 Å². The monoisotopic (exact) mass is 441 g/mol. The molecule has 9 nitrogen and oxygen atoms in total. The van der Waals surface area contributed by atoms with Gasteiger partial charge in [0.05, 0.1) is 31.8 Å². The lowest BCUT2D eigenvalue weighted by atomic mass is 10.0. The molecule has 3 rings (SSSR count). The van der Waals surface area contributed by atoms with Crippen LogP contribution in [0.1, 0.15) is 32.8 Å². The first-order valence-corrected chi connectivity index (χ1v) is 11.3. The third-order valence-corrected chi connectivity index (χ3v) is 6.19. The van der Waals surface area contributed by atoms with Crippen LogP contribution in [-0.4, -0.2) is 50.2 Å². The zero-order valence-corrected chi connectivity index (χ0v) is 18.4. The van der Waals surface area contributed by atoms with E-state index in [0.29, 0.717) is 0 Å². The van der Waals surface area contributed by atoms with Crippen molar-refractivity contribution < 1.29 is 37.1 Å². The van der Waals surface area contributed by atoms with Crippen molar-refractivity contribution in [3.8, 4) is 6.07 Å². The van der Waals surface area contributed by atoms with Gasteiger partial charge in [0.1, 0.15) is 18.3 Å². The third kappa shape index (κ3) is 5.67. The van der Waals surface area contributed by atoms with Gasteiger partial charge in [-0.25, -0.2) is 4.57 Å². The second-order valence-corrected chi connectivity index (χ2v) is 9.15. The Morgan fingerprint density at radius 1 is 1.17 bits per heavy atom. The maximum Gasteiger partial charge on any atom is 0.475 e. The minimum atomic E-state index is -4.05. The lowest BCUT2D eigenvalue weighted by molar-refractivity contribution is -0.260. The number of hydrogen-bond donors (Lipinski definition) is 0. The molecule has 1 aromatic rings. The molecule has 2 saturated heterocycles. The molecule has 2 fully saturated rings. The van der Waals surface area contributed by atoms with Crippen molar-refractivity contribution in [1.82, 2.24) is 0 Å². The first-order valence-electron chi connectivity index (χ1n) is 9.79. The fourth-order valence-electron chi connectivity index (χ4n) is 3.43. The van der Waals surface area contributed by atoms with Gasteiger partial charge in [-0.3, -0.25) is 13.6 Å². The summed E-state index contributed by atoms with van der Waals surface area (Å²) in [5, 5.41) is 8.80. The molecule has 2 heterocycles. The summed E-state index contributed by atoms with van der Waals surface area (Å²) in [4.78, 5) is 0. The molecule has 0 aromatic heterocycles. The lowest BCUT2D eigenvalue weighted by Gasteiger charge is -2.40. The Bertz CT molecular complexity index is 783. The van der Waals surface area contributed by atoms with Crippen LogP contribution in [0.15, 0.2) is 30.3 Å². The van der Waals surface area contributed by atoms with E-state index in [9.17, 15) is 4.57 Å². The number of phosphoric ester groups is 1. The number of benzene rings is 1. The molecule has 30 heavy (non-hydrogen) atoms. The predicted octanol–water partition coefficient (Wildman–Crippen LogP) is 3.54. The number of phosphoric acid groups is 1. The zero-order valence-electron chi connectivity index (χ0n) is 17.6. The fourth-order valence-corrected chi connectivity index (χ4v) is 4.84. The van der Waals surface area contributed by atoms with Crippen molar-refractivity contribution in [2.24, 2.45) is 0 Å². The third-order valence-electron chi connectivity index (χ3n) is 4.75. The average Bonchev–Trinajstić information content (AvgIpc) is 3.05. The van der Waals surface area contributed by atoms with Crippen LogP contribution in [-0.2, 0) is 43.7 Å². The summed E-state index contributed by atoms with van der Waals surface area (Å²) >= 11 is 0. The largest absolute Gasteiger partial charge is 0.475 e. The molecular formula is C20H28NO8P. The summed E-state index contributed by atoms with van der Waals surface area (Å²) in [7, 11) is -2.53. The highest BCUT2D eigenvalue weighted by atomic mass is 31.2. The first kappa shape index (κ1) is 23.3. The van der Waals surface area contributed by atoms with Crippen LogP contribution in [0.2, 0.25) is 0 Å². The number of nitrogens with zero attached hydrogens (tertiary/aromatic N) is 1. The second kappa shape index (κ2) is 9.86. The molecule has 2 aliphatic heterocycles. The molecule has 0 bridgehead atoms. The van der Waals surface area contributed by atoms with Crippen molar-refractivity contribution >= 4 is 7.82 Å². The van der Waals surface area contributed by atoms with Gasteiger partial charge in [0.15, 0.2) is 12.1 Å². The highest BCUT2D eigenvalue weighted by Gasteiger charge is 2.57. The molecule has 10 heteroatoms. The van der Waals surface area contributed by atoms with Crippen molar-refractivity contribution in [1.29, 1.82) is 5.26 Å². The Kier molecular flexibility index (Phi) is 7.66. The molecule has 0 N–H and O–H groups in total. The van der Waals surface area contributed by atoms with Crippen LogP contribution < -0.4 is 0 Å². The molecule has 1 unspecified atom stereocenters. The van der Waals surface area contributed by atoms with Crippen LogP contribution in [0.4, 0.5) is 0 Å². The van der Waals surface area contributed by atoms with Gasteiger partial charge in [0.2, 0.25) is 0 Å². The Morgan fingerprint density at radius 3 is 2.53 bits per heavy atom. The molecule has 0 amide bonds. The number of rotatable bonds is 9. The van der Waals surface area contributed by atoms with Crippen LogP contribution >= 0.6 is 7.82 Å². The molecule has 0 aliphatic carbocycles. The van der Waals surface area contributed by atoms with E-state index in [1.54, 1.807) is 20.8 Å². The second-order valence-electron chi connectivity index (χ2n) is 7.53. The molecule has 0 saturated carbocycles. The van der Waals surface area contributed by atoms with Gasteiger partial charge in [-0.2, -0.15) is 5.26 Å². The number of hydrogen-bond acceptors (Lipinski definition) is 9. The quantitative estimate of drug-likeness (QED) is 0.420. The molecule has 0 radical (unpaired) electrons. The van der Waals surface area contributed by atoms with E-state index >= 15 is 0 Å². The molecule has 6 atom stereocenters. The summed E-state index contributed by atoms with van der Waals surface area (Å²) in [6, 6.07) is 11.2. The number of methoxy groups -OCH3 is 1. The molecule has 0 spiro atoms. The standard InChI is InChI=1S/C20H28NO8P/c1-14-16(17-18(19(23-4)26-14)28-20(2,3)27-17)29-30(22,24-12-8-11-21)25-13-15-9-6-5-7-10-15/h5-7,9-10,14,16-19H,8,12-13H2,1-4H3/t14-,16-,17+,18+,19+,30?/m0/s1. The number of fused-ring (bicyclic) bond motifs is 1. The van der Waals surface area contributed by atoms with Crippen LogP contribution in [0, 0.1) is 11.3 Å². The Labute approximate surface area is 176 Å². The highest BCUT2D eigenvalue weighted by molar-refractivity contribution is 7.48. The summed E-state index contributed by atoms with van der Waals surface area (Å²) in [6.07, 6.45) is -3.14. The SMILES string of the molecule is CO[C@@H]1O[C@@H](C)[C@H](OP(=O)(OCCC#N)OCc2ccccc2)[C@H]2OC(C)(C)O[C@@H]12. The van der Waals surface area contributed by atoms with Crippen LogP contribution in [0.25, 0.3) is 0 Å². The minimum Gasteiger partial charge on any atom is -0.353 e. The lowest BCUT2D eigenvalue weighted by Crippen LogP contribution is -2.56. The first-order chi connectivity index (χ1) is 14.3. The van der Waals surface area contributed by atoms with Gasteiger partial charge in [0, 0.05) is 7.11 Å². The normalized spacial score (nSPS) is 32.2. The van der Waals surface area contributed by atoms with Crippen LogP contribution in [0.5, 0.6) is 0 Å². The average molecular weight is 441 g/mol. The fraction of sp³-hybridized carbons (Fsp3) is 0.650. The smallest absolute Gasteiger partial charge is 0.353 e. The van der Waals surface area contributed by atoms with Gasteiger partial charge in [0.25, 0.3) is 0 Å². The summed E-state index contributed by atoms with van der Waals surface area (Å²) in [6.45, 7) is 5.23. The molecular weight excluding hydrogens is 413 g/mol. The summed E-state index contributed by atoms with van der Waals surface area (Å²) in [5.41, 5.74) is 0.803. The van der Waals surface area contributed by atoms with Crippen molar-refractivity contribution in [2.75, 3.05) is 13.7 Å². The Morgan fingerprint density at radius 2 is 1.87 bits per heavy atom.